The standard InChI is InChI=1S/C19H23NO5/c1-13(24-18-16(21-3)10-7-11-17(18)22-4)20-19(2)12-23-14-8-5-6-9-15(14)25-19/h5-11,13,20H,12H2,1-4H3. The van der Waals surface area contributed by atoms with E-state index in [1.807, 2.05) is 56.3 Å². The molecule has 6 nitrogen and oxygen atoms in total. The molecule has 6 heteroatoms. The lowest BCUT2D eigenvalue weighted by molar-refractivity contribution is -0.0511. The Morgan fingerprint density at radius 1 is 1.00 bits per heavy atom. The van der Waals surface area contributed by atoms with E-state index in [1.165, 1.54) is 0 Å². The average molecular weight is 345 g/mol. The highest BCUT2D eigenvalue weighted by atomic mass is 16.6. The fourth-order valence-electron chi connectivity index (χ4n) is 2.78. The SMILES string of the molecule is COc1cccc(OC)c1OC(C)NC1(C)COc2ccccc2O1. The molecule has 3 rings (SSSR count). The zero-order chi connectivity index (χ0) is 17.9. The lowest BCUT2D eigenvalue weighted by atomic mass is 10.2. The molecule has 0 spiro atoms. The molecule has 0 radical (unpaired) electrons. The van der Waals surface area contributed by atoms with E-state index in [0.717, 1.165) is 5.75 Å². The van der Waals surface area contributed by atoms with Crippen LogP contribution in [0, 0.1) is 0 Å². The van der Waals surface area contributed by atoms with Crippen LogP contribution in [0.5, 0.6) is 28.7 Å². The first-order valence-corrected chi connectivity index (χ1v) is 8.11. The van der Waals surface area contributed by atoms with E-state index in [0.29, 0.717) is 29.6 Å². The minimum absolute atomic E-state index is 0.362. The summed E-state index contributed by atoms with van der Waals surface area (Å²) >= 11 is 0. The van der Waals surface area contributed by atoms with Gasteiger partial charge in [0.25, 0.3) is 0 Å². The zero-order valence-corrected chi connectivity index (χ0v) is 14.9. The van der Waals surface area contributed by atoms with Gasteiger partial charge < -0.3 is 23.7 Å². The maximum absolute atomic E-state index is 6.06. The summed E-state index contributed by atoms with van der Waals surface area (Å²) in [5, 5.41) is 3.31. The van der Waals surface area contributed by atoms with Crippen LogP contribution in [-0.4, -0.2) is 32.8 Å². The van der Waals surface area contributed by atoms with Crippen LogP contribution in [0.25, 0.3) is 0 Å². The van der Waals surface area contributed by atoms with E-state index in [9.17, 15) is 0 Å². The predicted molar refractivity (Wildman–Crippen MR) is 93.7 cm³/mol. The maximum Gasteiger partial charge on any atom is 0.205 e. The summed E-state index contributed by atoms with van der Waals surface area (Å²) in [5.74, 6) is 3.18. The first-order valence-electron chi connectivity index (χ1n) is 8.11. The summed E-state index contributed by atoms with van der Waals surface area (Å²) in [7, 11) is 3.19. The molecule has 1 N–H and O–H groups in total. The zero-order valence-electron chi connectivity index (χ0n) is 14.9. The Balaban J connectivity index is 1.72. The Morgan fingerprint density at radius 2 is 1.64 bits per heavy atom. The molecule has 0 saturated heterocycles. The fraction of sp³-hybridized carbons (Fsp3) is 0.368. The van der Waals surface area contributed by atoms with Crippen molar-refractivity contribution >= 4 is 0 Å². The lowest BCUT2D eigenvalue weighted by Gasteiger charge is -2.38. The van der Waals surface area contributed by atoms with Gasteiger partial charge in [-0.15, -0.1) is 0 Å². The average Bonchev–Trinajstić information content (AvgIpc) is 2.61. The molecule has 2 aromatic rings. The minimum Gasteiger partial charge on any atom is -0.493 e. The number of ether oxygens (including phenoxy) is 5. The van der Waals surface area contributed by atoms with Crippen molar-refractivity contribution in [1.82, 2.24) is 5.32 Å². The number of hydrogen-bond donors (Lipinski definition) is 1. The highest BCUT2D eigenvalue weighted by Crippen LogP contribution is 2.38. The van der Waals surface area contributed by atoms with Crippen molar-refractivity contribution in [1.29, 1.82) is 0 Å². The van der Waals surface area contributed by atoms with Crippen molar-refractivity contribution in [3.05, 3.63) is 42.5 Å². The summed E-state index contributed by atoms with van der Waals surface area (Å²) in [6.45, 7) is 4.17. The van der Waals surface area contributed by atoms with Crippen molar-refractivity contribution in [2.45, 2.75) is 25.8 Å². The Morgan fingerprint density at radius 3 is 2.28 bits per heavy atom. The third-order valence-electron chi connectivity index (χ3n) is 3.87. The van der Waals surface area contributed by atoms with Gasteiger partial charge in [0.1, 0.15) is 6.61 Å². The molecule has 0 aromatic heterocycles. The van der Waals surface area contributed by atoms with E-state index in [1.54, 1.807) is 14.2 Å². The molecule has 2 atom stereocenters. The van der Waals surface area contributed by atoms with Gasteiger partial charge in [0.2, 0.25) is 5.75 Å². The number of benzene rings is 2. The van der Waals surface area contributed by atoms with Crippen LogP contribution in [0.4, 0.5) is 0 Å². The number of hydrogen-bond acceptors (Lipinski definition) is 6. The van der Waals surface area contributed by atoms with Crippen molar-refractivity contribution in [2.75, 3.05) is 20.8 Å². The van der Waals surface area contributed by atoms with Gasteiger partial charge >= 0.3 is 0 Å². The van der Waals surface area contributed by atoms with Crippen molar-refractivity contribution in [2.24, 2.45) is 0 Å². The number of para-hydroxylation sites is 3. The highest BCUT2D eigenvalue weighted by Gasteiger charge is 2.35. The monoisotopic (exact) mass is 345 g/mol. The molecule has 1 aliphatic heterocycles. The largest absolute Gasteiger partial charge is 0.493 e. The molecular weight excluding hydrogens is 322 g/mol. The quantitative estimate of drug-likeness (QED) is 0.812. The Hall–Kier alpha value is -2.60. The molecule has 0 saturated carbocycles. The summed E-state index contributed by atoms with van der Waals surface area (Å²) in [5.41, 5.74) is -0.719. The predicted octanol–water partition coefficient (Wildman–Crippen LogP) is 3.21. The number of nitrogens with one attached hydrogen (secondary N) is 1. The van der Waals surface area contributed by atoms with E-state index in [2.05, 4.69) is 5.32 Å². The summed E-state index contributed by atoms with van der Waals surface area (Å²) in [6, 6.07) is 13.1. The van der Waals surface area contributed by atoms with Gasteiger partial charge in [0, 0.05) is 0 Å². The number of rotatable bonds is 6. The number of methoxy groups -OCH3 is 2. The van der Waals surface area contributed by atoms with Gasteiger partial charge in [-0.05, 0) is 38.1 Å². The Labute approximate surface area is 147 Å². The third kappa shape index (κ3) is 3.74. The number of fused-ring (bicyclic) bond motifs is 1. The maximum atomic E-state index is 6.06. The third-order valence-corrected chi connectivity index (χ3v) is 3.87. The van der Waals surface area contributed by atoms with Gasteiger partial charge in [-0.25, -0.2) is 5.32 Å². The second kappa shape index (κ2) is 7.11. The van der Waals surface area contributed by atoms with Crippen LogP contribution in [0.2, 0.25) is 0 Å². The molecule has 1 heterocycles. The molecule has 25 heavy (non-hydrogen) atoms. The molecule has 134 valence electrons. The second-order valence-corrected chi connectivity index (χ2v) is 5.96. The van der Waals surface area contributed by atoms with Crippen LogP contribution < -0.4 is 29.0 Å². The summed E-state index contributed by atoms with van der Waals surface area (Å²) in [4.78, 5) is 0. The molecular formula is C19H23NO5. The molecule has 2 aromatic carbocycles. The van der Waals surface area contributed by atoms with E-state index in [-0.39, 0.29) is 6.23 Å². The van der Waals surface area contributed by atoms with Gasteiger partial charge in [-0.2, -0.15) is 0 Å². The highest BCUT2D eigenvalue weighted by molar-refractivity contribution is 5.51. The molecule has 2 unspecified atom stereocenters. The van der Waals surface area contributed by atoms with Crippen LogP contribution >= 0.6 is 0 Å². The van der Waals surface area contributed by atoms with Crippen molar-refractivity contribution in [3.8, 4) is 28.7 Å². The molecule has 0 aliphatic carbocycles. The van der Waals surface area contributed by atoms with E-state index in [4.69, 9.17) is 23.7 Å². The van der Waals surface area contributed by atoms with Gasteiger partial charge in [0.15, 0.2) is 35.0 Å². The van der Waals surface area contributed by atoms with Crippen LogP contribution in [-0.2, 0) is 0 Å². The fourth-order valence-corrected chi connectivity index (χ4v) is 2.78. The van der Waals surface area contributed by atoms with Crippen molar-refractivity contribution < 1.29 is 23.7 Å². The lowest BCUT2D eigenvalue weighted by Crippen LogP contribution is -2.58. The summed E-state index contributed by atoms with van der Waals surface area (Å²) in [6.07, 6.45) is -0.371. The topological polar surface area (TPSA) is 58.2 Å². The van der Waals surface area contributed by atoms with Gasteiger partial charge in [-0.3, -0.25) is 0 Å². The Kier molecular flexibility index (Phi) is 4.90. The van der Waals surface area contributed by atoms with Gasteiger partial charge in [0.05, 0.1) is 14.2 Å². The first kappa shape index (κ1) is 17.2. The van der Waals surface area contributed by atoms with Crippen molar-refractivity contribution in [3.63, 3.8) is 0 Å². The van der Waals surface area contributed by atoms with E-state index < -0.39 is 5.72 Å². The van der Waals surface area contributed by atoms with Crippen LogP contribution in [0.15, 0.2) is 42.5 Å². The van der Waals surface area contributed by atoms with Crippen LogP contribution in [0.1, 0.15) is 13.8 Å². The molecule has 0 bridgehead atoms. The van der Waals surface area contributed by atoms with Crippen LogP contribution in [0.3, 0.4) is 0 Å². The Bertz CT molecular complexity index is 713. The molecule has 0 fully saturated rings. The second-order valence-electron chi connectivity index (χ2n) is 5.96. The molecule has 1 aliphatic rings. The minimum atomic E-state index is -0.719. The first-order chi connectivity index (χ1) is 12.0. The summed E-state index contributed by atoms with van der Waals surface area (Å²) < 4.78 is 28.6. The van der Waals surface area contributed by atoms with Gasteiger partial charge in [-0.1, -0.05) is 18.2 Å². The van der Waals surface area contributed by atoms with E-state index >= 15 is 0 Å². The normalized spacial score (nSPS) is 19.8. The smallest absolute Gasteiger partial charge is 0.205 e. The molecule has 0 amide bonds.